The number of hydrogen-bond donors (Lipinski definition) is 1. The molecule has 0 radical (unpaired) electrons. The number of carbonyl (C=O) groups excluding carboxylic acids is 2. The van der Waals surface area contributed by atoms with E-state index < -0.39 is 0 Å². The van der Waals surface area contributed by atoms with Crippen LogP contribution in [0.25, 0.3) is 0 Å². The third kappa shape index (κ3) is 5.82. The number of amides is 1. The van der Waals surface area contributed by atoms with Crippen LogP contribution in [-0.2, 0) is 14.3 Å². The van der Waals surface area contributed by atoms with Gasteiger partial charge in [-0.2, -0.15) is 0 Å². The van der Waals surface area contributed by atoms with Crippen molar-refractivity contribution < 1.29 is 14.3 Å². The van der Waals surface area contributed by atoms with Gasteiger partial charge < -0.3 is 15.0 Å². The monoisotopic (exact) mass is 438 g/mol. The Kier molecular flexibility index (Phi) is 7.52. The number of fused-ring (bicyclic) bond motifs is 2. The van der Waals surface area contributed by atoms with Gasteiger partial charge in [0, 0.05) is 22.4 Å². The molecule has 1 saturated carbocycles. The third-order valence-corrected chi connectivity index (χ3v) is 7.04. The highest BCUT2D eigenvalue weighted by atomic mass is 32.2. The molecule has 5 nitrogen and oxygen atoms in total. The average molecular weight is 439 g/mol. The molecule has 6 heteroatoms. The third-order valence-electron chi connectivity index (χ3n) is 5.91. The Balaban J connectivity index is 1.29. The first-order chi connectivity index (χ1) is 15.2. The molecule has 0 unspecified atom stereocenters. The number of para-hydroxylation sites is 2. The minimum Gasteiger partial charge on any atom is -0.456 e. The molecular formula is C25H30N2O3S. The van der Waals surface area contributed by atoms with E-state index in [0.717, 1.165) is 37.1 Å². The number of nitrogens with zero attached hydrogens (tertiary/aromatic N) is 1. The first-order valence-electron chi connectivity index (χ1n) is 11.3. The van der Waals surface area contributed by atoms with Crippen molar-refractivity contribution in [1.29, 1.82) is 0 Å². The molecule has 2 aromatic rings. The SMILES string of the molecule is O=C(COC(=O)CCN1c2ccccc2Sc2ccccc21)NC1CCCCCCC1. The molecule has 31 heavy (non-hydrogen) atoms. The van der Waals surface area contributed by atoms with E-state index in [4.69, 9.17) is 4.74 Å². The minimum atomic E-state index is -0.346. The van der Waals surface area contributed by atoms with Crippen molar-refractivity contribution >= 4 is 35.0 Å². The van der Waals surface area contributed by atoms with Crippen LogP contribution in [0, 0.1) is 0 Å². The number of nitrogens with one attached hydrogen (secondary N) is 1. The second-order valence-corrected chi connectivity index (χ2v) is 9.29. The summed E-state index contributed by atoms with van der Waals surface area (Å²) >= 11 is 1.74. The molecular weight excluding hydrogens is 408 g/mol. The molecule has 1 amide bonds. The zero-order valence-corrected chi connectivity index (χ0v) is 18.7. The van der Waals surface area contributed by atoms with E-state index in [0.29, 0.717) is 6.54 Å². The number of carbonyl (C=O) groups is 2. The molecule has 0 aromatic heterocycles. The van der Waals surface area contributed by atoms with Crippen molar-refractivity contribution in [3.8, 4) is 0 Å². The lowest BCUT2D eigenvalue weighted by atomic mass is 9.97. The fourth-order valence-corrected chi connectivity index (χ4v) is 5.41. The molecule has 0 spiro atoms. The molecule has 1 heterocycles. The Bertz CT molecular complexity index is 864. The summed E-state index contributed by atoms with van der Waals surface area (Å²) in [5.74, 6) is -0.537. The second kappa shape index (κ2) is 10.7. The van der Waals surface area contributed by atoms with E-state index in [2.05, 4.69) is 34.5 Å². The van der Waals surface area contributed by atoms with Crippen LogP contribution in [0.1, 0.15) is 51.4 Å². The van der Waals surface area contributed by atoms with Crippen molar-refractivity contribution in [3.05, 3.63) is 48.5 Å². The smallest absolute Gasteiger partial charge is 0.308 e. The van der Waals surface area contributed by atoms with Crippen LogP contribution < -0.4 is 10.2 Å². The lowest BCUT2D eigenvalue weighted by Gasteiger charge is -2.32. The zero-order valence-electron chi connectivity index (χ0n) is 17.8. The first-order valence-corrected chi connectivity index (χ1v) is 12.1. The largest absolute Gasteiger partial charge is 0.456 e. The van der Waals surface area contributed by atoms with Gasteiger partial charge in [0.05, 0.1) is 17.8 Å². The summed E-state index contributed by atoms with van der Waals surface area (Å²) in [6, 6.07) is 16.6. The number of esters is 1. The number of rotatable bonds is 6. The highest BCUT2D eigenvalue weighted by Gasteiger charge is 2.23. The van der Waals surface area contributed by atoms with E-state index in [9.17, 15) is 9.59 Å². The molecule has 1 aliphatic heterocycles. The van der Waals surface area contributed by atoms with Crippen molar-refractivity contribution in [3.63, 3.8) is 0 Å². The predicted molar refractivity (Wildman–Crippen MR) is 124 cm³/mol. The van der Waals surface area contributed by atoms with Crippen LogP contribution in [0.5, 0.6) is 0 Å². The van der Waals surface area contributed by atoms with Crippen molar-refractivity contribution in [2.75, 3.05) is 18.1 Å². The van der Waals surface area contributed by atoms with E-state index in [-0.39, 0.29) is 30.9 Å². The molecule has 0 bridgehead atoms. The molecule has 0 atom stereocenters. The first kappa shape index (κ1) is 21.8. The second-order valence-electron chi connectivity index (χ2n) is 8.21. The Labute approximate surface area is 188 Å². The lowest BCUT2D eigenvalue weighted by molar-refractivity contribution is -0.148. The highest BCUT2D eigenvalue weighted by Crippen LogP contribution is 2.47. The average Bonchev–Trinajstić information content (AvgIpc) is 2.77. The van der Waals surface area contributed by atoms with Crippen LogP contribution in [-0.4, -0.2) is 31.1 Å². The topological polar surface area (TPSA) is 58.6 Å². The maximum Gasteiger partial charge on any atom is 0.308 e. The zero-order chi connectivity index (χ0) is 21.5. The minimum absolute atomic E-state index is 0.191. The van der Waals surface area contributed by atoms with E-state index in [1.54, 1.807) is 11.8 Å². The van der Waals surface area contributed by atoms with Gasteiger partial charge in [-0.1, -0.05) is 68.1 Å². The summed E-state index contributed by atoms with van der Waals surface area (Å²) in [6.45, 7) is 0.315. The van der Waals surface area contributed by atoms with Gasteiger partial charge in [-0.05, 0) is 37.1 Å². The van der Waals surface area contributed by atoms with Gasteiger partial charge in [-0.15, -0.1) is 0 Å². The molecule has 1 fully saturated rings. The summed E-state index contributed by atoms with van der Waals surface area (Å²) in [6.07, 6.45) is 8.35. The number of benzene rings is 2. The van der Waals surface area contributed by atoms with Crippen LogP contribution >= 0.6 is 11.8 Å². The van der Waals surface area contributed by atoms with Gasteiger partial charge in [0.25, 0.3) is 5.91 Å². The molecule has 4 rings (SSSR count). The quantitative estimate of drug-likeness (QED) is 0.608. The Morgan fingerprint density at radius 3 is 2.13 bits per heavy atom. The van der Waals surface area contributed by atoms with Crippen LogP contribution in [0.15, 0.2) is 58.3 Å². The Hall–Kier alpha value is -2.47. The Morgan fingerprint density at radius 1 is 0.903 bits per heavy atom. The van der Waals surface area contributed by atoms with Gasteiger partial charge in [0.15, 0.2) is 6.61 Å². The van der Waals surface area contributed by atoms with Gasteiger partial charge in [-0.25, -0.2) is 0 Å². The standard InChI is InChI=1S/C25H30N2O3S/c28-24(26-19-10-4-2-1-3-5-11-19)18-30-25(29)16-17-27-20-12-6-8-14-22(20)31-23-15-9-7-13-21(23)27/h6-9,12-15,19H,1-5,10-11,16-18H2,(H,26,28). The van der Waals surface area contributed by atoms with Crippen molar-refractivity contribution in [2.24, 2.45) is 0 Å². The van der Waals surface area contributed by atoms with Gasteiger partial charge in [0.2, 0.25) is 0 Å². The molecule has 164 valence electrons. The molecule has 2 aliphatic rings. The molecule has 0 saturated heterocycles. The summed E-state index contributed by atoms with van der Waals surface area (Å²) in [5, 5.41) is 3.04. The summed E-state index contributed by atoms with van der Waals surface area (Å²) < 4.78 is 5.29. The normalized spacial score (nSPS) is 16.5. The fourth-order valence-electron chi connectivity index (χ4n) is 4.31. The van der Waals surface area contributed by atoms with Crippen LogP contribution in [0.3, 0.4) is 0 Å². The van der Waals surface area contributed by atoms with Crippen molar-refractivity contribution in [2.45, 2.75) is 67.2 Å². The van der Waals surface area contributed by atoms with E-state index in [1.807, 2.05) is 24.3 Å². The maximum atomic E-state index is 12.4. The number of ether oxygens (including phenoxy) is 1. The van der Waals surface area contributed by atoms with E-state index in [1.165, 1.54) is 29.1 Å². The van der Waals surface area contributed by atoms with Crippen LogP contribution in [0.2, 0.25) is 0 Å². The van der Waals surface area contributed by atoms with Gasteiger partial charge >= 0.3 is 5.97 Å². The predicted octanol–water partition coefficient (Wildman–Crippen LogP) is 5.45. The number of hydrogen-bond acceptors (Lipinski definition) is 5. The summed E-state index contributed by atoms with van der Waals surface area (Å²) in [5.41, 5.74) is 2.20. The Morgan fingerprint density at radius 2 is 1.48 bits per heavy atom. The maximum absolute atomic E-state index is 12.4. The molecule has 1 aliphatic carbocycles. The highest BCUT2D eigenvalue weighted by molar-refractivity contribution is 7.99. The molecule has 2 aromatic carbocycles. The lowest BCUT2D eigenvalue weighted by Crippen LogP contribution is -2.38. The fraction of sp³-hybridized carbons (Fsp3) is 0.440. The molecule has 1 N–H and O–H groups in total. The summed E-state index contributed by atoms with van der Waals surface area (Å²) in [7, 11) is 0. The van der Waals surface area contributed by atoms with E-state index >= 15 is 0 Å². The number of anilines is 2. The van der Waals surface area contributed by atoms with Crippen molar-refractivity contribution in [1.82, 2.24) is 5.32 Å². The van der Waals surface area contributed by atoms with Gasteiger partial charge in [0.1, 0.15) is 0 Å². The van der Waals surface area contributed by atoms with Crippen LogP contribution in [0.4, 0.5) is 11.4 Å². The van der Waals surface area contributed by atoms with Gasteiger partial charge in [-0.3, -0.25) is 9.59 Å². The summed E-state index contributed by atoms with van der Waals surface area (Å²) in [4.78, 5) is 29.1.